The van der Waals surface area contributed by atoms with Crippen molar-refractivity contribution >= 4 is 17.7 Å². The van der Waals surface area contributed by atoms with Crippen LogP contribution in [-0.2, 0) is 9.53 Å². The van der Waals surface area contributed by atoms with Crippen molar-refractivity contribution in [2.45, 2.75) is 4.90 Å². The van der Waals surface area contributed by atoms with Gasteiger partial charge in [0.25, 0.3) is 0 Å². The van der Waals surface area contributed by atoms with Gasteiger partial charge in [-0.1, -0.05) is 48.2 Å². The van der Waals surface area contributed by atoms with Gasteiger partial charge in [0, 0.05) is 10.3 Å². The van der Waals surface area contributed by atoms with Crippen molar-refractivity contribution in [2.75, 3.05) is 7.11 Å². The number of ether oxygens (including phenoxy) is 2. The summed E-state index contributed by atoms with van der Waals surface area (Å²) in [5, 5.41) is 1.65. The molecule has 0 N–H and O–H groups in total. The minimum Gasteiger partial charge on any atom is -0.463 e. The Kier molecular flexibility index (Phi) is 5.26. The molecule has 20 heavy (non-hydrogen) atoms. The molecule has 0 atom stereocenters. The average molecular weight is 286 g/mol. The maximum absolute atomic E-state index is 11.7. The number of carbonyl (C=O) groups excluding carboxylic acids is 1. The van der Waals surface area contributed by atoms with Gasteiger partial charge in [0.1, 0.15) is 5.75 Å². The molecular formula is C16H14O3S. The van der Waals surface area contributed by atoms with Crippen LogP contribution in [-0.4, -0.2) is 13.1 Å². The summed E-state index contributed by atoms with van der Waals surface area (Å²) in [7, 11) is 1.33. The van der Waals surface area contributed by atoms with Crippen molar-refractivity contribution < 1.29 is 14.3 Å². The van der Waals surface area contributed by atoms with Crippen LogP contribution < -0.4 is 4.74 Å². The Morgan fingerprint density at radius 3 is 2.20 bits per heavy atom. The minimum absolute atomic E-state index is 0.160. The van der Waals surface area contributed by atoms with Gasteiger partial charge < -0.3 is 9.47 Å². The molecule has 2 aromatic carbocycles. The van der Waals surface area contributed by atoms with Gasteiger partial charge in [0.2, 0.25) is 5.76 Å². The van der Waals surface area contributed by atoms with Crippen LogP contribution >= 0.6 is 11.8 Å². The standard InChI is InChI=1S/C16H14O3S/c1-18-16(17)15(19-13-8-4-2-5-9-13)12-20-14-10-6-3-7-11-14/h2-12H,1H3/b15-12+. The van der Waals surface area contributed by atoms with Crippen LogP contribution in [0.2, 0.25) is 0 Å². The summed E-state index contributed by atoms with van der Waals surface area (Å²) >= 11 is 1.40. The number of methoxy groups -OCH3 is 1. The molecule has 102 valence electrons. The van der Waals surface area contributed by atoms with Crippen LogP contribution in [0.15, 0.2) is 76.7 Å². The zero-order valence-corrected chi connectivity index (χ0v) is 11.8. The van der Waals surface area contributed by atoms with Gasteiger partial charge in [0.15, 0.2) is 0 Å². The summed E-state index contributed by atoms with van der Waals surface area (Å²) < 4.78 is 10.3. The molecule has 0 radical (unpaired) electrons. The third-order valence-corrected chi connectivity index (χ3v) is 3.28. The predicted molar refractivity (Wildman–Crippen MR) is 79.5 cm³/mol. The maximum Gasteiger partial charge on any atom is 0.374 e. The lowest BCUT2D eigenvalue weighted by molar-refractivity contribution is -0.138. The molecule has 0 bridgehead atoms. The average Bonchev–Trinajstić information content (AvgIpc) is 2.52. The van der Waals surface area contributed by atoms with Crippen molar-refractivity contribution in [1.82, 2.24) is 0 Å². The van der Waals surface area contributed by atoms with E-state index < -0.39 is 5.97 Å². The summed E-state index contributed by atoms with van der Waals surface area (Å²) in [5.41, 5.74) is 0. The molecule has 2 rings (SSSR count). The normalized spacial score (nSPS) is 10.9. The highest BCUT2D eigenvalue weighted by molar-refractivity contribution is 8.02. The Hall–Kier alpha value is -2.20. The summed E-state index contributed by atoms with van der Waals surface area (Å²) in [4.78, 5) is 12.7. The Balaban J connectivity index is 2.13. The second-order valence-corrected chi connectivity index (χ2v) is 4.76. The van der Waals surface area contributed by atoms with Gasteiger partial charge >= 0.3 is 5.97 Å². The van der Waals surface area contributed by atoms with Crippen molar-refractivity contribution in [1.29, 1.82) is 0 Å². The maximum atomic E-state index is 11.7. The summed E-state index contributed by atoms with van der Waals surface area (Å²) in [6, 6.07) is 18.9. The van der Waals surface area contributed by atoms with Crippen molar-refractivity contribution in [3.8, 4) is 5.75 Å². The van der Waals surface area contributed by atoms with Gasteiger partial charge in [-0.15, -0.1) is 0 Å². The third kappa shape index (κ3) is 4.17. The zero-order chi connectivity index (χ0) is 14.2. The molecule has 0 aromatic heterocycles. The molecule has 0 aliphatic carbocycles. The van der Waals surface area contributed by atoms with Gasteiger partial charge in [-0.3, -0.25) is 0 Å². The number of thioether (sulfide) groups is 1. The van der Waals surface area contributed by atoms with Crippen LogP contribution in [0, 0.1) is 0 Å². The van der Waals surface area contributed by atoms with Gasteiger partial charge in [0.05, 0.1) is 7.11 Å². The van der Waals surface area contributed by atoms with Crippen LogP contribution in [0.1, 0.15) is 0 Å². The number of benzene rings is 2. The number of rotatable bonds is 5. The first-order valence-electron chi connectivity index (χ1n) is 6.02. The Labute approximate surface area is 122 Å². The van der Waals surface area contributed by atoms with Gasteiger partial charge in [-0.25, -0.2) is 4.79 Å². The van der Waals surface area contributed by atoms with E-state index in [1.807, 2.05) is 48.5 Å². The second-order valence-electron chi connectivity index (χ2n) is 3.82. The number of hydrogen-bond acceptors (Lipinski definition) is 4. The van der Waals surface area contributed by atoms with E-state index >= 15 is 0 Å². The highest BCUT2D eigenvalue weighted by Gasteiger charge is 2.12. The second kappa shape index (κ2) is 7.40. The van der Waals surface area contributed by atoms with Crippen molar-refractivity contribution in [3.05, 3.63) is 71.8 Å². The largest absolute Gasteiger partial charge is 0.463 e. The number of esters is 1. The molecule has 0 saturated carbocycles. The van der Waals surface area contributed by atoms with E-state index in [1.54, 1.807) is 17.5 Å². The molecule has 0 unspecified atom stereocenters. The fourth-order valence-electron chi connectivity index (χ4n) is 1.45. The highest BCUT2D eigenvalue weighted by Crippen LogP contribution is 2.22. The van der Waals surface area contributed by atoms with Gasteiger partial charge in [-0.2, -0.15) is 0 Å². The first-order chi connectivity index (χ1) is 9.79. The molecule has 0 saturated heterocycles. The van der Waals surface area contributed by atoms with E-state index in [2.05, 4.69) is 0 Å². The van der Waals surface area contributed by atoms with E-state index in [9.17, 15) is 4.79 Å². The Morgan fingerprint density at radius 1 is 1.00 bits per heavy atom. The fourth-order valence-corrected chi connectivity index (χ4v) is 2.15. The minimum atomic E-state index is -0.503. The first kappa shape index (κ1) is 14.2. The molecule has 0 aliphatic heterocycles. The van der Waals surface area contributed by atoms with Crippen LogP contribution in [0.25, 0.3) is 0 Å². The van der Waals surface area contributed by atoms with E-state index in [0.29, 0.717) is 5.75 Å². The zero-order valence-electron chi connectivity index (χ0n) is 11.0. The molecule has 0 fully saturated rings. The molecule has 4 heteroatoms. The third-order valence-electron chi connectivity index (χ3n) is 2.40. The van der Waals surface area contributed by atoms with Gasteiger partial charge in [-0.05, 0) is 24.3 Å². The molecule has 0 aliphatic rings. The number of carbonyl (C=O) groups is 1. The highest BCUT2D eigenvalue weighted by atomic mass is 32.2. The quantitative estimate of drug-likeness (QED) is 0.362. The summed E-state index contributed by atoms with van der Waals surface area (Å²) in [6.45, 7) is 0. The van der Waals surface area contributed by atoms with Crippen molar-refractivity contribution in [3.63, 3.8) is 0 Å². The molecule has 0 spiro atoms. The lowest BCUT2D eigenvalue weighted by atomic mass is 10.3. The fraction of sp³-hybridized carbons (Fsp3) is 0.0625. The SMILES string of the molecule is COC(=O)/C(=C\Sc1ccccc1)Oc1ccccc1. The summed E-state index contributed by atoms with van der Waals surface area (Å²) in [6.07, 6.45) is 0. The van der Waals surface area contributed by atoms with E-state index in [-0.39, 0.29) is 5.76 Å². The van der Waals surface area contributed by atoms with Crippen LogP contribution in [0.4, 0.5) is 0 Å². The number of hydrogen-bond donors (Lipinski definition) is 0. The van der Waals surface area contributed by atoms with Crippen LogP contribution in [0.5, 0.6) is 5.75 Å². The first-order valence-corrected chi connectivity index (χ1v) is 6.90. The molecule has 0 heterocycles. The van der Waals surface area contributed by atoms with E-state index in [4.69, 9.17) is 9.47 Å². The van der Waals surface area contributed by atoms with E-state index in [1.165, 1.54) is 18.9 Å². The Bertz CT molecular complexity index is 579. The smallest absolute Gasteiger partial charge is 0.374 e. The number of para-hydroxylation sites is 1. The molecule has 2 aromatic rings. The van der Waals surface area contributed by atoms with Crippen molar-refractivity contribution in [2.24, 2.45) is 0 Å². The van der Waals surface area contributed by atoms with Crippen LogP contribution in [0.3, 0.4) is 0 Å². The topological polar surface area (TPSA) is 35.5 Å². The lowest BCUT2D eigenvalue weighted by Crippen LogP contribution is -2.10. The van der Waals surface area contributed by atoms with E-state index in [0.717, 1.165) is 4.90 Å². The Morgan fingerprint density at radius 2 is 1.60 bits per heavy atom. The predicted octanol–water partition coefficient (Wildman–Crippen LogP) is 3.87. The monoisotopic (exact) mass is 286 g/mol. The molecule has 0 amide bonds. The lowest BCUT2D eigenvalue weighted by Gasteiger charge is -2.07. The molecular weight excluding hydrogens is 272 g/mol. The summed E-state index contributed by atoms with van der Waals surface area (Å²) in [5.74, 6) is 0.252. The molecule has 3 nitrogen and oxygen atoms in total.